The van der Waals surface area contributed by atoms with Crippen molar-refractivity contribution in [2.45, 2.75) is 11.8 Å². The van der Waals surface area contributed by atoms with E-state index in [1.807, 2.05) is 0 Å². The van der Waals surface area contributed by atoms with Crippen LogP contribution in [0.2, 0.25) is 10.0 Å². The highest BCUT2D eigenvalue weighted by molar-refractivity contribution is 7.89. The van der Waals surface area contributed by atoms with Gasteiger partial charge in [-0.2, -0.15) is 4.31 Å². The molecule has 0 radical (unpaired) electrons. The average molecular weight is 430 g/mol. The monoisotopic (exact) mass is 429 g/mol. The Morgan fingerprint density at radius 2 is 1.67 bits per heavy atom. The Labute approximate surface area is 167 Å². The molecule has 2 aromatic carbocycles. The largest absolute Gasteiger partial charge is 0.326 e. The summed E-state index contributed by atoms with van der Waals surface area (Å²) in [7, 11) is -2.60. The molecule has 0 aliphatic rings. The van der Waals surface area contributed by atoms with E-state index in [0.29, 0.717) is 11.4 Å². The predicted molar refractivity (Wildman–Crippen MR) is 106 cm³/mol. The number of nitrogens with one attached hydrogen (secondary N) is 2. The van der Waals surface area contributed by atoms with Gasteiger partial charge < -0.3 is 10.6 Å². The van der Waals surface area contributed by atoms with Gasteiger partial charge in [-0.25, -0.2) is 8.42 Å². The third kappa shape index (κ3) is 5.43. The molecule has 0 unspecified atom stereocenters. The van der Waals surface area contributed by atoms with Crippen molar-refractivity contribution in [1.29, 1.82) is 0 Å². The van der Waals surface area contributed by atoms with Crippen LogP contribution in [0, 0.1) is 0 Å². The van der Waals surface area contributed by atoms with Crippen LogP contribution in [0.15, 0.2) is 47.4 Å². The summed E-state index contributed by atoms with van der Waals surface area (Å²) in [5.74, 6) is -0.834. The van der Waals surface area contributed by atoms with Gasteiger partial charge in [0, 0.05) is 19.7 Å². The molecule has 0 bridgehead atoms. The molecular formula is C17H17Cl2N3O4S. The number of hydrogen-bond acceptors (Lipinski definition) is 4. The first kappa shape index (κ1) is 21.2. The van der Waals surface area contributed by atoms with E-state index < -0.39 is 22.5 Å². The molecule has 2 rings (SSSR count). The third-order valence-corrected chi connectivity index (χ3v) is 6.11. The Morgan fingerprint density at radius 1 is 1.04 bits per heavy atom. The number of hydrogen-bond donors (Lipinski definition) is 2. The van der Waals surface area contributed by atoms with Crippen LogP contribution in [0.25, 0.3) is 0 Å². The fraction of sp³-hybridized carbons (Fsp3) is 0.176. The average Bonchev–Trinajstić information content (AvgIpc) is 2.59. The molecule has 0 spiro atoms. The highest BCUT2D eigenvalue weighted by Crippen LogP contribution is 2.29. The van der Waals surface area contributed by atoms with E-state index in [9.17, 15) is 18.0 Å². The zero-order valence-electron chi connectivity index (χ0n) is 14.5. The number of sulfonamides is 1. The number of halogens is 2. The van der Waals surface area contributed by atoms with Gasteiger partial charge in [-0.15, -0.1) is 0 Å². The lowest BCUT2D eigenvalue weighted by atomic mass is 10.3. The van der Waals surface area contributed by atoms with Gasteiger partial charge >= 0.3 is 0 Å². The lowest BCUT2D eigenvalue weighted by molar-refractivity contribution is -0.116. The minimum Gasteiger partial charge on any atom is -0.326 e. The molecule has 2 amide bonds. The molecule has 0 aliphatic carbocycles. The summed E-state index contributed by atoms with van der Waals surface area (Å²) in [5, 5.41) is 5.52. The van der Waals surface area contributed by atoms with Crippen LogP contribution in [0.5, 0.6) is 0 Å². The van der Waals surface area contributed by atoms with Gasteiger partial charge in [-0.3, -0.25) is 9.59 Å². The van der Waals surface area contributed by atoms with E-state index in [0.717, 1.165) is 4.31 Å². The van der Waals surface area contributed by atoms with Crippen LogP contribution in [0.3, 0.4) is 0 Å². The van der Waals surface area contributed by atoms with Crippen LogP contribution in [0.4, 0.5) is 11.4 Å². The molecule has 27 heavy (non-hydrogen) atoms. The number of carbonyl (C=O) groups is 2. The normalized spacial score (nSPS) is 11.3. The van der Waals surface area contributed by atoms with Crippen LogP contribution in [0.1, 0.15) is 6.92 Å². The molecule has 0 saturated heterocycles. The lowest BCUT2D eigenvalue weighted by Gasteiger charge is -2.17. The highest BCUT2D eigenvalue weighted by Gasteiger charge is 2.23. The van der Waals surface area contributed by atoms with Crippen molar-refractivity contribution in [2.75, 3.05) is 24.2 Å². The number of likely N-dealkylation sites (N-methyl/N-ethyl adjacent to an activating group) is 1. The summed E-state index contributed by atoms with van der Waals surface area (Å²) in [6, 6.07) is 10.4. The van der Waals surface area contributed by atoms with E-state index in [2.05, 4.69) is 10.6 Å². The molecule has 0 saturated carbocycles. The first-order chi connectivity index (χ1) is 12.6. The maximum Gasteiger partial charge on any atom is 0.243 e. The summed E-state index contributed by atoms with van der Waals surface area (Å²) in [6.45, 7) is 0.932. The van der Waals surface area contributed by atoms with Gasteiger partial charge in [-0.05, 0) is 36.4 Å². The highest BCUT2D eigenvalue weighted by atomic mass is 35.5. The second-order valence-electron chi connectivity index (χ2n) is 5.62. The topological polar surface area (TPSA) is 95.6 Å². The Bertz CT molecular complexity index is 963. The first-order valence-corrected chi connectivity index (χ1v) is 9.88. The predicted octanol–water partition coefficient (Wildman–Crippen LogP) is 3.21. The zero-order valence-corrected chi connectivity index (χ0v) is 16.8. The molecule has 2 aromatic rings. The fourth-order valence-corrected chi connectivity index (χ4v) is 3.65. The summed E-state index contributed by atoms with van der Waals surface area (Å²) >= 11 is 11.9. The van der Waals surface area contributed by atoms with Crippen LogP contribution < -0.4 is 10.6 Å². The molecule has 0 aromatic heterocycles. The third-order valence-electron chi connectivity index (χ3n) is 3.47. The fourth-order valence-electron chi connectivity index (χ4n) is 2.17. The van der Waals surface area contributed by atoms with E-state index in [1.54, 1.807) is 18.2 Å². The number of anilines is 2. The number of rotatable bonds is 6. The summed E-state index contributed by atoms with van der Waals surface area (Å²) in [5.41, 5.74) is 0.761. The van der Waals surface area contributed by atoms with Crippen LogP contribution in [-0.2, 0) is 19.6 Å². The van der Waals surface area contributed by atoms with Crippen molar-refractivity contribution in [3.05, 3.63) is 52.5 Å². The van der Waals surface area contributed by atoms with Gasteiger partial charge in [0.15, 0.2) is 0 Å². The Balaban J connectivity index is 2.09. The number of carbonyl (C=O) groups excluding carboxylic acids is 2. The Kier molecular flexibility index (Phi) is 6.83. The minimum atomic E-state index is -3.89. The molecule has 0 atom stereocenters. The van der Waals surface area contributed by atoms with Gasteiger partial charge in [0.1, 0.15) is 0 Å². The maximum absolute atomic E-state index is 12.6. The van der Waals surface area contributed by atoms with Crippen LogP contribution >= 0.6 is 23.2 Å². The standard InChI is InChI=1S/C17H17Cl2N3O4S/c1-11(23)20-12-6-8-13(9-7-12)27(25,26)22(2)10-16(24)21-15-5-3-4-14(18)17(15)19/h3-9H,10H2,1-2H3,(H,20,23)(H,21,24). The second kappa shape index (κ2) is 8.71. The van der Waals surface area contributed by atoms with Gasteiger partial charge in [0.05, 0.1) is 27.2 Å². The number of nitrogens with zero attached hydrogens (tertiary/aromatic N) is 1. The Hall–Kier alpha value is -2.13. The number of amides is 2. The van der Waals surface area contributed by atoms with E-state index in [1.165, 1.54) is 38.2 Å². The van der Waals surface area contributed by atoms with Crippen molar-refractivity contribution >= 4 is 56.4 Å². The molecule has 0 fully saturated rings. The van der Waals surface area contributed by atoms with Crippen LogP contribution in [-0.4, -0.2) is 38.1 Å². The lowest BCUT2D eigenvalue weighted by Crippen LogP contribution is -2.35. The molecule has 0 aliphatic heterocycles. The SMILES string of the molecule is CC(=O)Nc1ccc(S(=O)(=O)N(C)CC(=O)Nc2cccc(Cl)c2Cl)cc1. The first-order valence-electron chi connectivity index (χ1n) is 7.69. The summed E-state index contributed by atoms with van der Waals surface area (Å²) in [6.07, 6.45) is 0. The zero-order chi connectivity index (χ0) is 20.2. The van der Waals surface area contributed by atoms with E-state index in [4.69, 9.17) is 23.2 Å². The molecule has 0 heterocycles. The maximum atomic E-state index is 12.6. The Morgan fingerprint density at radius 3 is 2.26 bits per heavy atom. The van der Waals surface area contributed by atoms with Crippen molar-refractivity contribution in [3.63, 3.8) is 0 Å². The van der Waals surface area contributed by atoms with Gasteiger partial charge in [-0.1, -0.05) is 29.3 Å². The summed E-state index contributed by atoms with van der Waals surface area (Å²) < 4.78 is 26.1. The van der Waals surface area contributed by atoms with Gasteiger partial charge in [0.2, 0.25) is 21.8 Å². The quantitative estimate of drug-likeness (QED) is 0.736. The van der Waals surface area contributed by atoms with E-state index >= 15 is 0 Å². The molecule has 2 N–H and O–H groups in total. The molecule has 10 heteroatoms. The van der Waals surface area contributed by atoms with Crippen molar-refractivity contribution in [3.8, 4) is 0 Å². The van der Waals surface area contributed by atoms with E-state index in [-0.39, 0.29) is 20.8 Å². The van der Waals surface area contributed by atoms with Crippen molar-refractivity contribution in [1.82, 2.24) is 4.31 Å². The molecular weight excluding hydrogens is 413 g/mol. The molecule has 7 nitrogen and oxygen atoms in total. The minimum absolute atomic E-state index is 0.00677. The molecule has 144 valence electrons. The number of benzene rings is 2. The summed E-state index contributed by atoms with van der Waals surface area (Å²) in [4.78, 5) is 23.2. The second-order valence-corrected chi connectivity index (χ2v) is 8.45. The smallest absolute Gasteiger partial charge is 0.243 e. The van der Waals surface area contributed by atoms with Crippen molar-refractivity contribution < 1.29 is 18.0 Å². The van der Waals surface area contributed by atoms with Crippen molar-refractivity contribution in [2.24, 2.45) is 0 Å². The van der Waals surface area contributed by atoms with Gasteiger partial charge in [0.25, 0.3) is 0 Å².